The molecule has 88 valence electrons. The second-order valence-corrected chi connectivity index (χ2v) is 4.92. The van der Waals surface area contributed by atoms with E-state index in [1.165, 1.54) is 5.56 Å². The molecule has 3 rings (SSSR count). The number of carbonyl (C=O) groups is 1. The van der Waals surface area contributed by atoms with Crippen LogP contribution in [0.15, 0.2) is 17.1 Å². The highest BCUT2D eigenvalue weighted by molar-refractivity contribution is 6.34. The highest BCUT2D eigenvalue weighted by Crippen LogP contribution is 2.35. The van der Waals surface area contributed by atoms with Crippen molar-refractivity contribution in [2.24, 2.45) is 4.99 Å². The van der Waals surface area contributed by atoms with E-state index in [0.29, 0.717) is 10.6 Å². The number of hydrogen-bond acceptors (Lipinski definition) is 2. The molecule has 2 atom stereocenters. The maximum atomic E-state index is 12.0. The molecule has 2 aliphatic heterocycles. The monoisotopic (exact) mass is 248 g/mol. The van der Waals surface area contributed by atoms with Gasteiger partial charge in [0.15, 0.2) is 0 Å². The fraction of sp³-hybridized carbons (Fsp3) is 0.385. The minimum Gasteiger partial charge on any atom is -0.344 e. The fourth-order valence-electron chi connectivity index (χ4n) is 2.58. The highest BCUT2D eigenvalue weighted by Gasteiger charge is 2.36. The first-order valence-corrected chi connectivity index (χ1v) is 6.21. The van der Waals surface area contributed by atoms with Gasteiger partial charge in [0.2, 0.25) is 0 Å². The Kier molecular flexibility index (Phi) is 2.44. The van der Waals surface area contributed by atoms with Crippen molar-refractivity contribution in [1.29, 1.82) is 0 Å². The Hall–Kier alpha value is -1.35. The summed E-state index contributed by atoms with van der Waals surface area (Å²) in [5.41, 5.74) is 2.87. The van der Waals surface area contributed by atoms with Crippen LogP contribution in [0.3, 0.4) is 0 Å². The normalized spacial score (nSPS) is 25.4. The van der Waals surface area contributed by atoms with Gasteiger partial charge in [-0.3, -0.25) is 9.79 Å². The fourth-order valence-corrected chi connectivity index (χ4v) is 2.92. The summed E-state index contributed by atoms with van der Waals surface area (Å²) in [6.45, 7) is 2.82. The van der Waals surface area contributed by atoms with Crippen molar-refractivity contribution in [2.75, 3.05) is 6.54 Å². The number of hydrogen-bond donors (Lipinski definition) is 1. The lowest BCUT2D eigenvalue weighted by Crippen LogP contribution is -2.44. The van der Waals surface area contributed by atoms with E-state index in [2.05, 4.69) is 23.3 Å². The molecule has 3 nitrogen and oxygen atoms in total. The van der Waals surface area contributed by atoms with Crippen LogP contribution in [0.4, 0.5) is 0 Å². The number of fused-ring (bicyclic) bond motifs is 3. The first-order valence-electron chi connectivity index (χ1n) is 5.84. The molecule has 2 aliphatic rings. The molecule has 0 spiro atoms. The van der Waals surface area contributed by atoms with Crippen LogP contribution in [0.2, 0.25) is 5.02 Å². The minimum absolute atomic E-state index is 0.0400. The Morgan fingerprint density at radius 2 is 2.35 bits per heavy atom. The summed E-state index contributed by atoms with van der Waals surface area (Å²) >= 11 is 6.21. The molecule has 17 heavy (non-hydrogen) atoms. The lowest BCUT2D eigenvalue weighted by atomic mass is 9.85. The van der Waals surface area contributed by atoms with Gasteiger partial charge in [0.1, 0.15) is 0 Å². The summed E-state index contributed by atoms with van der Waals surface area (Å²) in [7, 11) is 0. The molecule has 0 saturated carbocycles. The third-order valence-corrected chi connectivity index (χ3v) is 3.81. The summed E-state index contributed by atoms with van der Waals surface area (Å²) in [6.07, 6.45) is 2.75. The second-order valence-electron chi connectivity index (χ2n) is 4.52. The number of carbonyl (C=O) groups excluding carboxylic acids is 1. The van der Waals surface area contributed by atoms with Gasteiger partial charge >= 0.3 is 0 Å². The van der Waals surface area contributed by atoms with E-state index in [0.717, 1.165) is 18.5 Å². The van der Waals surface area contributed by atoms with Crippen molar-refractivity contribution in [3.05, 3.63) is 33.8 Å². The molecule has 2 heterocycles. The zero-order chi connectivity index (χ0) is 12.0. The number of nitrogens with zero attached hydrogens (tertiary/aromatic N) is 1. The number of benzene rings is 1. The average molecular weight is 249 g/mol. The third kappa shape index (κ3) is 1.57. The molecule has 0 radical (unpaired) electrons. The first-order chi connectivity index (χ1) is 8.20. The van der Waals surface area contributed by atoms with Gasteiger partial charge in [-0.2, -0.15) is 0 Å². The van der Waals surface area contributed by atoms with Gasteiger partial charge in [0, 0.05) is 18.7 Å². The Morgan fingerprint density at radius 1 is 1.53 bits per heavy atom. The predicted molar refractivity (Wildman–Crippen MR) is 68.2 cm³/mol. The van der Waals surface area contributed by atoms with E-state index in [4.69, 9.17) is 11.6 Å². The minimum atomic E-state index is -0.0812. The maximum absolute atomic E-state index is 12.0. The smallest absolute Gasteiger partial charge is 0.253 e. The standard InChI is InChI=1S/C13H13ClN2O/c1-2-7-3-8-9-5-15-6-11(9)16-13(17)12(8)10(14)4-7/h3-4,6,9,11H,2,5H2,1H3,(H,16,17). The number of amides is 1. The Labute approximate surface area is 105 Å². The third-order valence-electron chi connectivity index (χ3n) is 3.51. The first kappa shape index (κ1) is 10.8. The number of rotatable bonds is 1. The van der Waals surface area contributed by atoms with Crippen molar-refractivity contribution in [1.82, 2.24) is 5.32 Å². The second kappa shape index (κ2) is 3.84. The van der Waals surface area contributed by atoms with Gasteiger partial charge < -0.3 is 5.32 Å². The molecule has 0 fully saturated rings. The number of halogens is 1. The molecule has 0 aliphatic carbocycles. The van der Waals surface area contributed by atoms with Crippen molar-refractivity contribution in [3.63, 3.8) is 0 Å². The van der Waals surface area contributed by atoms with E-state index < -0.39 is 0 Å². The van der Waals surface area contributed by atoms with Gasteiger partial charge in [-0.05, 0) is 23.6 Å². The average Bonchev–Trinajstić information content (AvgIpc) is 2.76. The van der Waals surface area contributed by atoms with Crippen molar-refractivity contribution in [3.8, 4) is 0 Å². The molecule has 2 unspecified atom stereocenters. The van der Waals surface area contributed by atoms with Gasteiger partial charge in [0.25, 0.3) is 5.91 Å². The number of aliphatic imine (C=N–C) groups is 1. The van der Waals surface area contributed by atoms with Crippen LogP contribution >= 0.6 is 11.6 Å². The van der Waals surface area contributed by atoms with E-state index in [-0.39, 0.29) is 17.9 Å². The van der Waals surface area contributed by atoms with Crippen LogP contribution in [-0.4, -0.2) is 24.7 Å². The summed E-state index contributed by atoms with van der Waals surface area (Å²) < 4.78 is 0. The van der Waals surface area contributed by atoms with Crippen molar-refractivity contribution < 1.29 is 4.79 Å². The molecule has 0 aromatic heterocycles. The molecular weight excluding hydrogens is 236 g/mol. The molecule has 4 heteroatoms. The maximum Gasteiger partial charge on any atom is 0.253 e. The van der Waals surface area contributed by atoms with E-state index in [1.54, 1.807) is 0 Å². The quantitative estimate of drug-likeness (QED) is 0.813. The van der Waals surface area contributed by atoms with Crippen LogP contribution in [0.5, 0.6) is 0 Å². The van der Waals surface area contributed by atoms with Crippen LogP contribution in [-0.2, 0) is 6.42 Å². The van der Waals surface area contributed by atoms with E-state index in [1.807, 2.05) is 12.3 Å². The van der Waals surface area contributed by atoms with Gasteiger partial charge in [-0.25, -0.2) is 0 Å². The van der Waals surface area contributed by atoms with Crippen LogP contribution in [0.25, 0.3) is 0 Å². The Morgan fingerprint density at radius 3 is 3.12 bits per heavy atom. The topological polar surface area (TPSA) is 41.5 Å². The van der Waals surface area contributed by atoms with Gasteiger partial charge in [-0.1, -0.05) is 24.6 Å². The Bertz CT molecular complexity index is 524. The molecule has 0 bridgehead atoms. The Balaban J connectivity index is 2.18. The molecule has 1 N–H and O–H groups in total. The lowest BCUT2D eigenvalue weighted by Gasteiger charge is -2.28. The zero-order valence-electron chi connectivity index (χ0n) is 9.53. The molecular formula is C13H13ClN2O. The number of nitrogens with one attached hydrogen (secondary N) is 1. The molecule has 1 amide bonds. The largest absolute Gasteiger partial charge is 0.344 e. The van der Waals surface area contributed by atoms with E-state index >= 15 is 0 Å². The van der Waals surface area contributed by atoms with Gasteiger partial charge in [-0.15, -0.1) is 0 Å². The highest BCUT2D eigenvalue weighted by atomic mass is 35.5. The van der Waals surface area contributed by atoms with Crippen molar-refractivity contribution >= 4 is 23.7 Å². The molecule has 1 aromatic rings. The molecule has 1 aromatic carbocycles. The SMILES string of the molecule is CCc1cc(Cl)c2c(c1)C1CN=CC1NC2=O. The number of aryl methyl sites for hydroxylation is 1. The molecule has 0 saturated heterocycles. The van der Waals surface area contributed by atoms with Crippen LogP contribution < -0.4 is 5.32 Å². The van der Waals surface area contributed by atoms with E-state index in [9.17, 15) is 4.79 Å². The zero-order valence-corrected chi connectivity index (χ0v) is 10.3. The lowest BCUT2D eigenvalue weighted by molar-refractivity contribution is 0.0933. The van der Waals surface area contributed by atoms with Gasteiger partial charge in [0.05, 0.1) is 16.6 Å². The van der Waals surface area contributed by atoms with Crippen LogP contribution in [0, 0.1) is 0 Å². The van der Waals surface area contributed by atoms with Crippen LogP contribution in [0.1, 0.15) is 34.3 Å². The summed E-state index contributed by atoms with van der Waals surface area (Å²) in [5.74, 6) is 0.175. The predicted octanol–water partition coefficient (Wildman–Crippen LogP) is 2.18. The van der Waals surface area contributed by atoms with Crippen molar-refractivity contribution in [2.45, 2.75) is 25.3 Å². The summed E-state index contributed by atoms with van der Waals surface area (Å²) in [5, 5.41) is 3.50. The summed E-state index contributed by atoms with van der Waals surface area (Å²) in [6, 6.07) is 4.03. The summed E-state index contributed by atoms with van der Waals surface area (Å²) in [4.78, 5) is 16.3.